The number of nitrogens with zero attached hydrogens (tertiary/aromatic N) is 1. The second-order valence-corrected chi connectivity index (χ2v) is 7.27. The molecule has 0 aromatic heterocycles. The average Bonchev–Trinajstić information content (AvgIpc) is 2.67. The Bertz CT molecular complexity index is 674. The fourth-order valence-electron chi connectivity index (χ4n) is 2.35. The van der Waals surface area contributed by atoms with Crippen molar-refractivity contribution in [2.24, 2.45) is 0 Å². The van der Waals surface area contributed by atoms with Crippen molar-refractivity contribution in [3.05, 3.63) is 52.4 Å². The third-order valence-corrected chi connectivity index (χ3v) is 4.67. The number of imide groups is 1. The molecule has 1 heterocycles. The van der Waals surface area contributed by atoms with Crippen molar-refractivity contribution in [2.75, 3.05) is 6.54 Å². The molecule has 1 aromatic rings. The summed E-state index contributed by atoms with van der Waals surface area (Å²) in [5.41, 5.74) is 3.62. The van der Waals surface area contributed by atoms with E-state index in [0.717, 1.165) is 11.1 Å². The van der Waals surface area contributed by atoms with Gasteiger partial charge in [0.15, 0.2) is 0 Å². The summed E-state index contributed by atoms with van der Waals surface area (Å²) in [4.78, 5) is 27.0. The molecule has 0 saturated heterocycles. The molecule has 4 heteroatoms. The van der Waals surface area contributed by atoms with Crippen LogP contribution >= 0.6 is 11.8 Å². The first kappa shape index (κ1) is 16.6. The average molecular weight is 315 g/mol. The highest BCUT2D eigenvalue weighted by Crippen LogP contribution is 2.38. The van der Waals surface area contributed by atoms with Crippen molar-refractivity contribution in [3.8, 4) is 0 Å². The lowest BCUT2D eigenvalue weighted by atomic mass is 10.0. The number of rotatable bonds is 5. The maximum Gasteiger partial charge on any atom is 0.268 e. The van der Waals surface area contributed by atoms with E-state index in [1.807, 2.05) is 45.9 Å². The standard InChI is InChI=1S/C18H21NO2S/c1-6-9-19-17(20)15(16(18(19)21)22-11(2)3)14-8-7-12(4)13(5)10-14/h6-8,10-11H,1,9H2,2-5H3. The fraction of sp³-hybridized carbons (Fsp3) is 0.333. The van der Waals surface area contributed by atoms with E-state index in [4.69, 9.17) is 0 Å². The highest BCUT2D eigenvalue weighted by atomic mass is 32.2. The summed E-state index contributed by atoms with van der Waals surface area (Å²) in [5, 5.41) is 0.233. The fourth-order valence-corrected chi connectivity index (χ4v) is 3.35. The Morgan fingerprint density at radius 2 is 1.86 bits per heavy atom. The molecule has 2 rings (SSSR count). The number of benzene rings is 1. The normalized spacial score (nSPS) is 15.2. The Morgan fingerprint density at radius 3 is 2.41 bits per heavy atom. The van der Waals surface area contributed by atoms with Crippen molar-refractivity contribution in [1.29, 1.82) is 0 Å². The van der Waals surface area contributed by atoms with Gasteiger partial charge < -0.3 is 0 Å². The molecule has 1 aromatic carbocycles. The van der Waals surface area contributed by atoms with Crippen LogP contribution in [0.4, 0.5) is 0 Å². The van der Waals surface area contributed by atoms with Crippen molar-refractivity contribution < 1.29 is 9.59 Å². The first-order valence-electron chi connectivity index (χ1n) is 7.32. The third kappa shape index (κ3) is 3.02. The molecule has 116 valence electrons. The van der Waals surface area contributed by atoms with Gasteiger partial charge in [0, 0.05) is 11.8 Å². The predicted octanol–water partition coefficient (Wildman–Crippen LogP) is 3.71. The summed E-state index contributed by atoms with van der Waals surface area (Å²) in [6, 6.07) is 5.89. The maximum absolute atomic E-state index is 12.7. The molecule has 2 amide bonds. The first-order chi connectivity index (χ1) is 10.4. The monoisotopic (exact) mass is 315 g/mol. The maximum atomic E-state index is 12.7. The lowest BCUT2D eigenvalue weighted by Gasteiger charge is -2.12. The zero-order chi connectivity index (χ0) is 16.4. The van der Waals surface area contributed by atoms with Crippen LogP contribution in [-0.2, 0) is 9.59 Å². The van der Waals surface area contributed by atoms with Gasteiger partial charge in [-0.3, -0.25) is 14.5 Å². The van der Waals surface area contributed by atoms with E-state index in [1.54, 1.807) is 6.08 Å². The zero-order valence-corrected chi connectivity index (χ0v) is 14.3. The number of hydrogen-bond donors (Lipinski definition) is 0. The second kappa shape index (κ2) is 6.53. The topological polar surface area (TPSA) is 37.4 Å². The Kier molecular flexibility index (Phi) is 4.91. The summed E-state index contributed by atoms with van der Waals surface area (Å²) in [7, 11) is 0. The van der Waals surface area contributed by atoms with Crippen LogP contribution < -0.4 is 0 Å². The number of thioether (sulfide) groups is 1. The summed E-state index contributed by atoms with van der Waals surface area (Å²) >= 11 is 1.45. The SMILES string of the molecule is C=CCN1C(=O)C(SC(C)C)=C(c2ccc(C)c(C)c2)C1=O. The lowest BCUT2D eigenvalue weighted by molar-refractivity contribution is -0.135. The van der Waals surface area contributed by atoms with E-state index in [0.29, 0.717) is 10.5 Å². The Morgan fingerprint density at radius 1 is 1.18 bits per heavy atom. The van der Waals surface area contributed by atoms with E-state index >= 15 is 0 Å². The number of aryl methyl sites for hydroxylation is 2. The molecular weight excluding hydrogens is 294 g/mol. The van der Waals surface area contributed by atoms with Crippen LogP contribution in [0.1, 0.15) is 30.5 Å². The Labute approximate surface area is 136 Å². The summed E-state index contributed by atoms with van der Waals surface area (Å²) in [5.74, 6) is -0.437. The lowest BCUT2D eigenvalue weighted by Crippen LogP contribution is -2.31. The molecule has 0 N–H and O–H groups in total. The minimum atomic E-state index is -0.226. The minimum Gasteiger partial charge on any atom is -0.270 e. The number of carbonyl (C=O) groups is 2. The van der Waals surface area contributed by atoms with Crippen LogP contribution in [0.15, 0.2) is 35.8 Å². The smallest absolute Gasteiger partial charge is 0.268 e. The zero-order valence-electron chi connectivity index (χ0n) is 13.5. The van der Waals surface area contributed by atoms with Crippen molar-refractivity contribution in [3.63, 3.8) is 0 Å². The molecule has 0 spiro atoms. The Balaban J connectivity index is 2.56. The van der Waals surface area contributed by atoms with Crippen LogP contribution in [0.5, 0.6) is 0 Å². The van der Waals surface area contributed by atoms with Gasteiger partial charge in [-0.15, -0.1) is 18.3 Å². The van der Waals surface area contributed by atoms with E-state index in [2.05, 4.69) is 6.58 Å². The van der Waals surface area contributed by atoms with Crippen molar-refractivity contribution in [2.45, 2.75) is 32.9 Å². The summed E-state index contributed by atoms with van der Waals surface area (Å²) in [6.07, 6.45) is 1.58. The molecule has 0 aliphatic carbocycles. The first-order valence-corrected chi connectivity index (χ1v) is 8.20. The Hall–Kier alpha value is -1.81. The van der Waals surface area contributed by atoms with Gasteiger partial charge in [0.1, 0.15) is 0 Å². The quantitative estimate of drug-likeness (QED) is 0.614. The molecule has 0 radical (unpaired) electrons. The highest BCUT2D eigenvalue weighted by Gasteiger charge is 2.38. The number of amides is 2. The van der Waals surface area contributed by atoms with E-state index < -0.39 is 0 Å². The molecule has 0 atom stereocenters. The van der Waals surface area contributed by atoms with Gasteiger partial charge in [0.2, 0.25) is 0 Å². The van der Waals surface area contributed by atoms with Crippen LogP contribution in [0.2, 0.25) is 0 Å². The molecule has 0 saturated carbocycles. The van der Waals surface area contributed by atoms with Gasteiger partial charge in [0.25, 0.3) is 11.8 Å². The predicted molar refractivity (Wildman–Crippen MR) is 92.5 cm³/mol. The largest absolute Gasteiger partial charge is 0.270 e. The van der Waals surface area contributed by atoms with Crippen LogP contribution in [0.25, 0.3) is 5.57 Å². The molecular formula is C18H21NO2S. The van der Waals surface area contributed by atoms with Crippen molar-refractivity contribution in [1.82, 2.24) is 4.90 Å². The summed E-state index contributed by atoms with van der Waals surface area (Å²) in [6.45, 7) is 12.0. The third-order valence-electron chi connectivity index (χ3n) is 3.59. The van der Waals surface area contributed by atoms with E-state index in [-0.39, 0.29) is 23.6 Å². The van der Waals surface area contributed by atoms with Gasteiger partial charge in [0.05, 0.1) is 10.5 Å². The van der Waals surface area contributed by atoms with Gasteiger partial charge in [-0.25, -0.2) is 0 Å². The number of hydrogen-bond acceptors (Lipinski definition) is 3. The molecule has 0 bridgehead atoms. The van der Waals surface area contributed by atoms with Crippen LogP contribution in [0, 0.1) is 13.8 Å². The number of carbonyl (C=O) groups excluding carboxylic acids is 2. The van der Waals surface area contributed by atoms with Gasteiger partial charge in [-0.2, -0.15) is 0 Å². The van der Waals surface area contributed by atoms with E-state index in [1.165, 1.54) is 22.2 Å². The van der Waals surface area contributed by atoms with Crippen LogP contribution in [-0.4, -0.2) is 28.5 Å². The van der Waals surface area contributed by atoms with Gasteiger partial charge >= 0.3 is 0 Å². The van der Waals surface area contributed by atoms with Crippen molar-refractivity contribution >= 4 is 29.1 Å². The minimum absolute atomic E-state index is 0.211. The van der Waals surface area contributed by atoms with Crippen LogP contribution in [0.3, 0.4) is 0 Å². The molecule has 3 nitrogen and oxygen atoms in total. The van der Waals surface area contributed by atoms with Gasteiger partial charge in [-0.05, 0) is 30.5 Å². The molecule has 1 aliphatic heterocycles. The molecule has 0 fully saturated rings. The second-order valence-electron chi connectivity index (χ2n) is 5.68. The molecule has 1 aliphatic rings. The highest BCUT2D eigenvalue weighted by molar-refractivity contribution is 8.04. The summed E-state index contributed by atoms with van der Waals surface area (Å²) < 4.78 is 0. The molecule has 22 heavy (non-hydrogen) atoms. The van der Waals surface area contributed by atoms with Gasteiger partial charge in [-0.1, -0.05) is 38.1 Å². The molecule has 0 unspecified atom stereocenters. The van der Waals surface area contributed by atoms with E-state index in [9.17, 15) is 9.59 Å².